The van der Waals surface area contributed by atoms with Gasteiger partial charge in [0.05, 0.1) is 6.04 Å². The molecular weight excluding hydrogens is 258 g/mol. The number of alkyl halides is 1. The van der Waals surface area contributed by atoms with Gasteiger partial charge in [-0.1, -0.05) is 12.1 Å². The van der Waals surface area contributed by atoms with Crippen LogP contribution in [0.15, 0.2) is 18.2 Å². The van der Waals surface area contributed by atoms with Gasteiger partial charge in [0.1, 0.15) is 12.5 Å². The second-order valence-electron chi connectivity index (χ2n) is 4.46. The maximum atomic E-state index is 13.2. The summed E-state index contributed by atoms with van der Waals surface area (Å²) >= 11 is 0. The molecule has 0 radical (unpaired) electrons. The van der Waals surface area contributed by atoms with Crippen LogP contribution >= 0.6 is 12.4 Å². The SMILES string of the molecule is Cc1cc([C@@H](CF)N2CCNCC2)ccc1F.Cl. The summed E-state index contributed by atoms with van der Waals surface area (Å²) in [5, 5.41) is 3.24. The molecule has 1 N–H and O–H groups in total. The molecule has 1 aliphatic heterocycles. The van der Waals surface area contributed by atoms with E-state index in [0.29, 0.717) is 5.56 Å². The Morgan fingerprint density at radius 3 is 2.56 bits per heavy atom. The Morgan fingerprint density at radius 1 is 1.33 bits per heavy atom. The van der Waals surface area contributed by atoms with E-state index in [2.05, 4.69) is 10.2 Å². The van der Waals surface area contributed by atoms with E-state index in [4.69, 9.17) is 0 Å². The van der Waals surface area contributed by atoms with Crippen molar-refractivity contribution < 1.29 is 8.78 Å². The molecule has 0 amide bonds. The molecule has 18 heavy (non-hydrogen) atoms. The fourth-order valence-electron chi connectivity index (χ4n) is 2.27. The summed E-state index contributed by atoms with van der Waals surface area (Å²) in [5.41, 5.74) is 1.45. The van der Waals surface area contributed by atoms with E-state index in [-0.39, 0.29) is 24.3 Å². The van der Waals surface area contributed by atoms with Crippen molar-refractivity contribution in [2.24, 2.45) is 0 Å². The van der Waals surface area contributed by atoms with E-state index in [1.165, 1.54) is 6.07 Å². The number of nitrogens with zero attached hydrogens (tertiary/aromatic N) is 1. The van der Waals surface area contributed by atoms with Crippen LogP contribution in [0, 0.1) is 12.7 Å². The molecule has 1 saturated heterocycles. The van der Waals surface area contributed by atoms with Gasteiger partial charge in [0.15, 0.2) is 0 Å². The van der Waals surface area contributed by atoms with Crippen LogP contribution in [0.1, 0.15) is 17.2 Å². The van der Waals surface area contributed by atoms with Crippen LogP contribution in [0.25, 0.3) is 0 Å². The van der Waals surface area contributed by atoms with Crippen molar-refractivity contribution in [2.45, 2.75) is 13.0 Å². The van der Waals surface area contributed by atoms with Gasteiger partial charge in [-0.3, -0.25) is 4.90 Å². The Morgan fingerprint density at radius 2 is 2.00 bits per heavy atom. The number of piperazine rings is 1. The highest BCUT2D eigenvalue weighted by atomic mass is 35.5. The number of hydrogen-bond acceptors (Lipinski definition) is 2. The van der Waals surface area contributed by atoms with Gasteiger partial charge < -0.3 is 5.32 Å². The molecule has 0 unspecified atom stereocenters. The van der Waals surface area contributed by atoms with E-state index in [1.54, 1.807) is 19.1 Å². The van der Waals surface area contributed by atoms with Crippen LogP contribution in [0.3, 0.4) is 0 Å². The van der Waals surface area contributed by atoms with Gasteiger partial charge in [-0.15, -0.1) is 12.4 Å². The quantitative estimate of drug-likeness (QED) is 0.912. The summed E-state index contributed by atoms with van der Waals surface area (Å²) in [7, 11) is 0. The molecule has 0 aromatic heterocycles. The highest BCUT2D eigenvalue weighted by Crippen LogP contribution is 2.23. The Hall–Kier alpha value is -0.710. The lowest BCUT2D eigenvalue weighted by atomic mass is 10.0. The van der Waals surface area contributed by atoms with Crippen molar-refractivity contribution in [3.05, 3.63) is 35.1 Å². The highest BCUT2D eigenvalue weighted by molar-refractivity contribution is 5.85. The van der Waals surface area contributed by atoms with Crippen molar-refractivity contribution in [2.75, 3.05) is 32.9 Å². The Balaban J connectivity index is 0.00000162. The monoisotopic (exact) mass is 276 g/mol. The fourth-order valence-corrected chi connectivity index (χ4v) is 2.27. The van der Waals surface area contributed by atoms with Crippen LogP contribution in [0.2, 0.25) is 0 Å². The summed E-state index contributed by atoms with van der Waals surface area (Å²) in [6, 6.07) is 4.63. The maximum Gasteiger partial charge on any atom is 0.126 e. The molecule has 1 aromatic carbocycles. The van der Waals surface area contributed by atoms with Gasteiger partial charge in [0.2, 0.25) is 0 Å². The van der Waals surface area contributed by atoms with Crippen LogP contribution in [0.5, 0.6) is 0 Å². The lowest BCUT2D eigenvalue weighted by Crippen LogP contribution is -2.45. The first-order chi connectivity index (χ1) is 8.22. The second kappa shape index (κ2) is 7.02. The fraction of sp³-hybridized carbons (Fsp3) is 0.538. The Bertz CT molecular complexity index is 381. The maximum absolute atomic E-state index is 13.2. The highest BCUT2D eigenvalue weighted by Gasteiger charge is 2.22. The molecule has 1 atom stereocenters. The summed E-state index contributed by atoms with van der Waals surface area (Å²) < 4.78 is 26.4. The smallest absolute Gasteiger partial charge is 0.126 e. The molecule has 2 nitrogen and oxygen atoms in total. The van der Waals surface area contributed by atoms with E-state index in [1.807, 2.05) is 0 Å². The van der Waals surface area contributed by atoms with Gasteiger partial charge in [0.25, 0.3) is 0 Å². The minimum atomic E-state index is -0.426. The number of benzene rings is 1. The number of halogens is 3. The molecule has 1 heterocycles. The zero-order valence-electron chi connectivity index (χ0n) is 10.5. The lowest BCUT2D eigenvalue weighted by molar-refractivity contribution is 0.147. The van der Waals surface area contributed by atoms with Crippen molar-refractivity contribution in [3.63, 3.8) is 0 Å². The third-order valence-electron chi connectivity index (χ3n) is 3.31. The molecule has 1 fully saturated rings. The third-order valence-corrected chi connectivity index (χ3v) is 3.31. The predicted molar refractivity (Wildman–Crippen MR) is 71.5 cm³/mol. The molecule has 0 bridgehead atoms. The van der Waals surface area contributed by atoms with Gasteiger partial charge in [-0.05, 0) is 24.1 Å². The number of rotatable bonds is 3. The van der Waals surface area contributed by atoms with Crippen LogP contribution in [0.4, 0.5) is 8.78 Å². The predicted octanol–water partition coefficient (Wildman–Crippen LogP) is 2.47. The second-order valence-corrected chi connectivity index (χ2v) is 4.46. The van der Waals surface area contributed by atoms with E-state index >= 15 is 0 Å². The molecular formula is C13H19ClF2N2. The number of nitrogens with one attached hydrogen (secondary N) is 1. The third kappa shape index (κ3) is 3.40. The van der Waals surface area contributed by atoms with Gasteiger partial charge in [0, 0.05) is 26.2 Å². The zero-order chi connectivity index (χ0) is 12.3. The van der Waals surface area contributed by atoms with Crippen LogP contribution in [-0.2, 0) is 0 Å². The summed E-state index contributed by atoms with van der Waals surface area (Å²) in [6.07, 6.45) is 0. The van der Waals surface area contributed by atoms with Crippen molar-refractivity contribution in [1.29, 1.82) is 0 Å². The first-order valence-electron chi connectivity index (χ1n) is 5.99. The molecule has 0 aliphatic carbocycles. The molecule has 102 valence electrons. The van der Waals surface area contributed by atoms with Crippen molar-refractivity contribution in [1.82, 2.24) is 10.2 Å². The molecule has 0 saturated carbocycles. The number of aryl methyl sites for hydroxylation is 1. The minimum Gasteiger partial charge on any atom is -0.314 e. The standard InChI is InChI=1S/C13H18F2N2.ClH/c1-10-8-11(2-3-12(10)15)13(9-14)17-6-4-16-5-7-17;/h2-3,8,13,16H,4-7,9H2,1H3;1H/t13-;/m1./s1. The van der Waals surface area contributed by atoms with Crippen LogP contribution < -0.4 is 5.32 Å². The van der Waals surface area contributed by atoms with E-state index in [9.17, 15) is 8.78 Å². The topological polar surface area (TPSA) is 15.3 Å². The summed E-state index contributed by atoms with van der Waals surface area (Å²) in [4.78, 5) is 2.11. The molecule has 1 aliphatic rings. The van der Waals surface area contributed by atoms with Crippen LogP contribution in [-0.4, -0.2) is 37.8 Å². The Kier molecular flexibility index (Phi) is 5.99. The van der Waals surface area contributed by atoms with Gasteiger partial charge in [-0.2, -0.15) is 0 Å². The van der Waals surface area contributed by atoms with Crippen molar-refractivity contribution in [3.8, 4) is 0 Å². The normalized spacial score (nSPS) is 18.2. The molecule has 1 aromatic rings. The van der Waals surface area contributed by atoms with Crippen molar-refractivity contribution >= 4 is 12.4 Å². The summed E-state index contributed by atoms with van der Waals surface area (Å²) in [5.74, 6) is -0.230. The van der Waals surface area contributed by atoms with Gasteiger partial charge >= 0.3 is 0 Å². The summed E-state index contributed by atoms with van der Waals surface area (Å²) in [6.45, 7) is 4.74. The van der Waals surface area contributed by atoms with E-state index < -0.39 is 6.67 Å². The van der Waals surface area contributed by atoms with Gasteiger partial charge in [-0.25, -0.2) is 8.78 Å². The number of hydrogen-bond donors (Lipinski definition) is 1. The molecule has 5 heteroatoms. The molecule has 0 spiro atoms. The average Bonchev–Trinajstić information content (AvgIpc) is 2.36. The Labute approximate surface area is 113 Å². The first kappa shape index (κ1) is 15.3. The minimum absolute atomic E-state index is 0. The van der Waals surface area contributed by atoms with E-state index in [0.717, 1.165) is 31.7 Å². The zero-order valence-corrected chi connectivity index (χ0v) is 11.3. The molecule has 2 rings (SSSR count). The largest absolute Gasteiger partial charge is 0.314 e. The average molecular weight is 277 g/mol. The first-order valence-corrected chi connectivity index (χ1v) is 5.99. The lowest BCUT2D eigenvalue weighted by Gasteiger charge is -2.33.